The summed E-state index contributed by atoms with van der Waals surface area (Å²) >= 11 is 4.70. The number of nitrogens with zero attached hydrogens (tertiary/aromatic N) is 3. The van der Waals surface area contributed by atoms with E-state index in [4.69, 9.17) is 0 Å². The van der Waals surface area contributed by atoms with Crippen LogP contribution in [0.15, 0.2) is 39.8 Å². The second-order valence-electron chi connectivity index (χ2n) is 4.73. The molecular formula is C15H10BrN3O3S. The van der Waals surface area contributed by atoms with Gasteiger partial charge < -0.3 is 5.11 Å². The SMILES string of the molecule is Cc1nc2c([N+](=O)[O-])c(N=Cc3cc(Br)ccc3O)ccc2s1. The van der Waals surface area contributed by atoms with Crippen LogP contribution in [0.5, 0.6) is 5.75 Å². The average molecular weight is 392 g/mol. The molecule has 0 amide bonds. The zero-order valence-electron chi connectivity index (χ0n) is 11.9. The first kappa shape index (κ1) is 15.6. The van der Waals surface area contributed by atoms with Crippen LogP contribution in [0.4, 0.5) is 11.4 Å². The van der Waals surface area contributed by atoms with E-state index in [-0.39, 0.29) is 17.1 Å². The van der Waals surface area contributed by atoms with E-state index in [1.54, 1.807) is 31.2 Å². The number of nitro groups is 1. The Bertz CT molecular complexity index is 953. The van der Waals surface area contributed by atoms with Gasteiger partial charge in [0.25, 0.3) is 0 Å². The smallest absolute Gasteiger partial charge is 0.321 e. The molecule has 0 aliphatic heterocycles. The first-order valence-corrected chi connectivity index (χ1v) is 8.14. The highest BCUT2D eigenvalue weighted by molar-refractivity contribution is 9.10. The van der Waals surface area contributed by atoms with E-state index in [9.17, 15) is 15.2 Å². The molecule has 1 aromatic heterocycles. The van der Waals surface area contributed by atoms with Crippen molar-refractivity contribution in [1.29, 1.82) is 0 Å². The number of aryl methyl sites for hydroxylation is 1. The Kier molecular flexibility index (Phi) is 4.10. The number of thiazole rings is 1. The lowest BCUT2D eigenvalue weighted by Crippen LogP contribution is -1.91. The number of aromatic hydroxyl groups is 1. The van der Waals surface area contributed by atoms with Crippen LogP contribution in [-0.2, 0) is 0 Å². The highest BCUT2D eigenvalue weighted by atomic mass is 79.9. The summed E-state index contributed by atoms with van der Waals surface area (Å²) < 4.78 is 1.52. The molecule has 0 radical (unpaired) electrons. The molecule has 2 aromatic carbocycles. The number of aliphatic imine (C=N–C) groups is 1. The van der Waals surface area contributed by atoms with Crippen molar-refractivity contribution in [2.24, 2.45) is 4.99 Å². The van der Waals surface area contributed by atoms with Crippen LogP contribution < -0.4 is 0 Å². The Hall–Kier alpha value is -2.32. The third-order valence-corrected chi connectivity index (χ3v) is 4.56. The highest BCUT2D eigenvalue weighted by Gasteiger charge is 2.21. The van der Waals surface area contributed by atoms with Gasteiger partial charge in [-0.3, -0.25) is 10.1 Å². The van der Waals surface area contributed by atoms with E-state index in [2.05, 4.69) is 25.9 Å². The minimum absolute atomic E-state index is 0.0465. The lowest BCUT2D eigenvalue weighted by atomic mass is 10.2. The lowest BCUT2D eigenvalue weighted by Gasteiger charge is -2.00. The fourth-order valence-electron chi connectivity index (χ4n) is 2.13. The van der Waals surface area contributed by atoms with E-state index < -0.39 is 4.92 Å². The molecular weight excluding hydrogens is 382 g/mol. The number of hydrogen-bond donors (Lipinski definition) is 1. The van der Waals surface area contributed by atoms with E-state index in [1.165, 1.54) is 23.6 Å². The van der Waals surface area contributed by atoms with Crippen molar-refractivity contribution in [2.45, 2.75) is 6.92 Å². The van der Waals surface area contributed by atoms with Gasteiger partial charge in [0.1, 0.15) is 11.4 Å². The van der Waals surface area contributed by atoms with E-state index >= 15 is 0 Å². The number of benzene rings is 2. The summed E-state index contributed by atoms with van der Waals surface area (Å²) in [5, 5.41) is 22.0. The van der Waals surface area contributed by atoms with Gasteiger partial charge in [0.2, 0.25) is 0 Å². The van der Waals surface area contributed by atoms with Crippen molar-refractivity contribution >= 4 is 55.1 Å². The fraction of sp³-hybridized carbons (Fsp3) is 0.0667. The lowest BCUT2D eigenvalue weighted by molar-refractivity contribution is -0.382. The predicted octanol–water partition coefficient (Wildman–Crippen LogP) is 4.73. The molecule has 0 atom stereocenters. The normalized spacial score (nSPS) is 11.4. The largest absolute Gasteiger partial charge is 0.507 e. The van der Waals surface area contributed by atoms with Crippen molar-refractivity contribution in [3.63, 3.8) is 0 Å². The maximum atomic E-state index is 11.4. The number of halogens is 1. The van der Waals surface area contributed by atoms with Crippen LogP contribution in [0.25, 0.3) is 10.2 Å². The third kappa shape index (κ3) is 3.08. The molecule has 1 N–H and O–H groups in total. The summed E-state index contributed by atoms with van der Waals surface area (Å²) in [6.07, 6.45) is 1.40. The molecule has 0 unspecified atom stereocenters. The second kappa shape index (κ2) is 6.05. The van der Waals surface area contributed by atoms with Crippen LogP contribution in [0.3, 0.4) is 0 Å². The van der Waals surface area contributed by atoms with Gasteiger partial charge in [0, 0.05) is 16.3 Å². The van der Waals surface area contributed by atoms with Crippen LogP contribution in [0.2, 0.25) is 0 Å². The summed E-state index contributed by atoms with van der Waals surface area (Å²) in [5.74, 6) is 0.0465. The van der Waals surface area contributed by atoms with Gasteiger partial charge in [-0.1, -0.05) is 15.9 Å². The molecule has 0 fully saturated rings. The third-order valence-electron chi connectivity index (χ3n) is 3.13. The maximum Gasteiger partial charge on any atom is 0.321 e. The first-order chi connectivity index (χ1) is 11.0. The van der Waals surface area contributed by atoms with Gasteiger partial charge in [-0.2, -0.15) is 0 Å². The molecule has 1 heterocycles. The molecule has 0 saturated carbocycles. The second-order valence-corrected chi connectivity index (χ2v) is 6.88. The molecule has 116 valence electrons. The van der Waals surface area contributed by atoms with E-state index in [0.29, 0.717) is 11.1 Å². The monoisotopic (exact) mass is 391 g/mol. The quantitative estimate of drug-likeness (QED) is 0.396. The predicted molar refractivity (Wildman–Crippen MR) is 94.1 cm³/mol. The molecule has 3 aromatic rings. The molecule has 0 bridgehead atoms. The molecule has 6 nitrogen and oxygen atoms in total. The van der Waals surface area contributed by atoms with Crippen LogP contribution in [0, 0.1) is 17.0 Å². The van der Waals surface area contributed by atoms with Crippen molar-refractivity contribution in [3.8, 4) is 5.75 Å². The summed E-state index contributed by atoms with van der Waals surface area (Å²) in [5.41, 5.74) is 0.874. The Morgan fingerprint density at radius 2 is 2.17 bits per heavy atom. The highest BCUT2D eigenvalue weighted by Crippen LogP contribution is 2.37. The summed E-state index contributed by atoms with van der Waals surface area (Å²) in [6, 6.07) is 8.24. The Balaban J connectivity index is 2.12. The topological polar surface area (TPSA) is 88.6 Å². The van der Waals surface area contributed by atoms with Crippen molar-refractivity contribution in [1.82, 2.24) is 4.98 Å². The van der Waals surface area contributed by atoms with Crippen molar-refractivity contribution in [3.05, 3.63) is 55.5 Å². The minimum Gasteiger partial charge on any atom is -0.507 e. The number of rotatable bonds is 3. The Labute approximate surface area is 143 Å². The summed E-state index contributed by atoms with van der Waals surface area (Å²) in [7, 11) is 0. The van der Waals surface area contributed by atoms with Crippen LogP contribution >= 0.6 is 27.3 Å². The fourth-order valence-corrected chi connectivity index (χ4v) is 3.34. The van der Waals surface area contributed by atoms with Gasteiger partial charge in [0.15, 0.2) is 5.52 Å². The minimum atomic E-state index is -0.477. The number of nitro benzene ring substituents is 1. The van der Waals surface area contributed by atoms with Crippen molar-refractivity contribution < 1.29 is 10.0 Å². The van der Waals surface area contributed by atoms with E-state index in [1.807, 2.05) is 0 Å². The zero-order valence-corrected chi connectivity index (χ0v) is 14.3. The average Bonchev–Trinajstić information content (AvgIpc) is 2.87. The molecule has 8 heteroatoms. The van der Waals surface area contributed by atoms with Gasteiger partial charge in [-0.05, 0) is 37.3 Å². The summed E-state index contributed by atoms with van der Waals surface area (Å²) in [4.78, 5) is 19.3. The van der Waals surface area contributed by atoms with Gasteiger partial charge in [-0.15, -0.1) is 11.3 Å². The van der Waals surface area contributed by atoms with Crippen LogP contribution in [-0.4, -0.2) is 21.2 Å². The van der Waals surface area contributed by atoms with E-state index in [0.717, 1.165) is 14.2 Å². The molecule has 0 aliphatic rings. The van der Waals surface area contributed by atoms with Gasteiger partial charge >= 0.3 is 5.69 Å². The number of aromatic nitrogens is 1. The molecule has 23 heavy (non-hydrogen) atoms. The Morgan fingerprint density at radius 1 is 1.39 bits per heavy atom. The summed E-state index contributed by atoms with van der Waals surface area (Å²) in [6.45, 7) is 1.80. The van der Waals surface area contributed by atoms with Gasteiger partial charge in [0.05, 0.1) is 14.6 Å². The van der Waals surface area contributed by atoms with Crippen LogP contribution in [0.1, 0.15) is 10.6 Å². The van der Waals surface area contributed by atoms with Crippen molar-refractivity contribution in [2.75, 3.05) is 0 Å². The standard InChI is InChI=1S/C15H10BrN3O3S/c1-8-18-14-13(23-8)5-3-11(15(14)19(21)22)17-7-9-6-10(16)2-4-12(9)20/h2-7,20H,1H3. The maximum absolute atomic E-state index is 11.4. The molecule has 0 spiro atoms. The van der Waals surface area contributed by atoms with Gasteiger partial charge in [-0.25, -0.2) is 9.98 Å². The number of fused-ring (bicyclic) bond motifs is 1. The molecule has 3 rings (SSSR count). The Morgan fingerprint density at radius 3 is 2.91 bits per heavy atom. The molecule has 0 aliphatic carbocycles. The number of phenols is 1. The zero-order chi connectivity index (χ0) is 16.6. The molecule has 0 saturated heterocycles. The first-order valence-electron chi connectivity index (χ1n) is 6.53. The number of hydrogen-bond acceptors (Lipinski definition) is 6. The number of phenolic OH excluding ortho intramolecular Hbond substituents is 1.